The van der Waals surface area contributed by atoms with Crippen LogP contribution in [0.3, 0.4) is 0 Å². The van der Waals surface area contributed by atoms with Gasteiger partial charge < -0.3 is 4.98 Å². The number of carbonyl (C=O) groups excluding carboxylic acids is 1. The van der Waals surface area contributed by atoms with E-state index in [0.29, 0.717) is 5.56 Å². The average molecular weight is 375 g/mol. The van der Waals surface area contributed by atoms with E-state index in [9.17, 15) is 4.79 Å². The van der Waals surface area contributed by atoms with Gasteiger partial charge in [-0.15, -0.1) is 0 Å². The van der Waals surface area contributed by atoms with Crippen LogP contribution >= 0.6 is 0 Å². The van der Waals surface area contributed by atoms with E-state index in [2.05, 4.69) is 39.2 Å². The number of rotatable bonds is 4. The van der Waals surface area contributed by atoms with E-state index in [-0.39, 0.29) is 5.78 Å². The van der Waals surface area contributed by atoms with Crippen LogP contribution in [0.25, 0.3) is 39.1 Å². The van der Waals surface area contributed by atoms with Crippen LogP contribution in [-0.2, 0) is 0 Å². The third-order valence-electron chi connectivity index (χ3n) is 4.98. The van der Waals surface area contributed by atoms with Crippen LogP contribution in [0.5, 0.6) is 0 Å². The number of hydrogen-bond donors (Lipinski definition) is 1. The predicted octanol–water partition coefficient (Wildman–Crippen LogP) is 5.67. The number of fused-ring (bicyclic) bond motifs is 2. The van der Waals surface area contributed by atoms with Gasteiger partial charge in [0.15, 0.2) is 5.78 Å². The summed E-state index contributed by atoms with van der Waals surface area (Å²) in [6, 6.07) is 21.8. The first kappa shape index (κ1) is 17.1. The number of aromatic amines is 1. The van der Waals surface area contributed by atoms with Gasteiger partial charge in [0, 0.05) is 29.7 Å². The lowest BCUT2D eigenvalue weighted by Gasteiger charge is -2.04. The number of nitrogens with one attached hydrogen (secondary N) is 1. The van der Waals surface area contributed by atoms with Crippen molar-refractivity contribution in [3.8, 4) is 11.1 Å². The summed E-state index contributed by atoms with van der Waals surface area (Å²) < 4.78 is 0. The second-order valence-corrected chi connectivity index (χ2v) is 6.86. The van der Waals surface area contributed by atoms with Crippen LogP contribution in [0.1, 0.15) is 15.9 Å². The van der Waals surface area contributed by atoms with E-state index >= 15 is 0 Å². The molecule has 2 heterocycles. The molecule has 0 atom stereocenters. The number of hydrogen-bond acceptors (Lipinski definition) is 3. The topological polar surface area (TPSA) is 58.6 Å². The van der Waals surface area contributed by atoms with Crippen molar-refractivity contribution in [2.75, 3.05) is 0 Å². The van der Waals surface area contributed by atoms with Crippen LogP contribution in [0.2, 0.25) is 0 Å². The molecule has 4 heteroatoms. The maximum Gasteiger partial charge on any atom is 0.185 e. The lowest BCUT2D eigenvalue weighted by Crippen LogP contribution is -1.94. The Labute approximate surface area is 167 Å². The molecule has 0 fully saturated rings. The molecule has 0 aliphatic rings. The van der Waals surface area contributed by atoms with E-state index in [1.807, 2.05) is 54.7 Å². The van der Waals surface area contributed by atoms with Crippen molar-refractivity contribution in [1.29, 1.82) is 0 Å². The summed E-state index contributed by atoms with van der Waals surface area (Å²) in [5.41, 5.74) is 6.56. The second kappa shape index (κ2) is 7.17. The molecule has 0 saturated carbocycles. The van der Waals surface area contributed by atoms with Crippen molar-refractivity contribution < 1.29 is 4.79 Å². The third kappa shape index (κ3) is 3.44. The molecule has 2 aromatic heterocycles. The zero-order valence-corrected chi connectivity index (χ0v) is 15.5. The van der Waals surface area contributed by atoms with Crippen LogP contribution in [0.4, 0.5) is 0 Å². The monoisotopic (exact) mass is 375 g/mol. The molecule has 5 aromatic rings. The minimum atomic E-state index is -0.0307. The first-order chi connectivity index (χ1) is 14.3. The molecule has 5 rings (SSSR count). The fraction of sp³-hybridized carbons (Fsp3) is 0. The van der Waals surface area contributed by atoms with Crippen LogP contribution < -0.4 is 0 Å². The molecule has 0 aliphatic carbocycles. The molecule has 0 unspecified atom stereocenters. The SMILES string of the molecule is O=C(/C=C/c1ccc2nccnc2c1)c1ccc(-c2ccc3[nH]ccc3c2)cc1. The Kier molecular flexibility index (Phi) is 4.22. The average Bonchev–Trinajstić information content (AvgIpc) is 3.25. The van der Waals surface area contributed by atoms with Crippen molar-refractivity contribution >= 4 is 33.8 Å². The van der Waals surface area contributed by atoms with E-state index in [1.54, 1.807) is 18.5 Å². The first-order valence-corrected chi connectivity index (χ1v) is 9.37. The number of carbonyl (C=O) groups is 1. The molecule has 29 heavy (non-hydrogen) atoms. The second-order valence-electron chi connectivity index (χ2n) is 6.86. The summed E-state index contributed by atoms with van der Waals surface area (Å²) in [5.74, 6) is -0.0307. The van der Waals surface area contributed by atoms with Gasteiger partial charge in [0.25, 0.3) is 0 Å². The van der Waals surface area contributed by atoms with Gasteiger partial charge in [-0.2, -0.15) is 0 Å². The number of aromatic nitrogens is 3. The minimum absolute atomic E-state index is 0.0307. The fourth-order valence-electron chi connectivity index (χ4n) is 3.41. The summed E-state index contributed by atoms with van der Waals surface area (Å²) in [4.78, 5) is 24.3. The molecule has 4 nitrogen and oxygen atoms in total. The minimum Gasteiger partial charge on any atom is -0.361 e. The molecule has 138 valence electrons. The largest absolute Gasteiger partial charge is 0.361 e. The smallest absolute Gasteiger partial charge is 0.185 e. The van der Waals surface area contributed by atoms with Crippen molar-refractivity contribution in [3.05, 3.63) is 103 Å². The number of H-pyrrole nitrogens is 1. The van der Waals surface area contributed by atoms with Gasteiger partial charge in [-0.3, -0.25) is 14.8 Å². The van der Waals surface area contributed by atoms with Crippen LogP contribution in [-0.4, -0.2) is 20.7 Å². The summed E-state index contributed by atoms with van der Waals surface area (Å²) in [5, 5.41) is 1.17. The Morgan fingerprint density at radius 1 is 0.793 bits per heavy atom. The molecular formula is C25H17N3O. The van der Waals surface area contributed by atoms with Crippen molar-refractivity contribution in [2.45, 2.75) is 0 Å². The van der Waals surface area contributed by atoms with E-state index in [0.717, 1.165) is 33.2 Å². The van der Waals surface area contributed by atoms with Crippen LogP contribution in [0.15, 0.2) is 91.4 Å². The number of benzene rings is 3. The number of allylic oxidation sites excluding steroid dienone is 1. The summed E-state index contributed by atoms with van der Waals surface area (Å²) in [6.07, 6.45) is 8.67. The maximum absolute atomic E-state index is 12.6. The van der Waals surface area contributed by atoms with E-state index in [1.165, 1.54) is 5.39 Å². The van der Waals surface area contributed by atoms with E-state index in [4.69, 9.17) is 0 Å². The van der Waals surface area contributed by atoms with Gasteiger partial charge in [-0.05, 0) is 58.5 Å². The highest BCUT2D eigenvalue weighted by Crippen LogP contribution is 2.24. The van der Waals surface area contributed by atoms with Crippen LogP contribution in [0, 0.1) is 0 Å². The Morgan fingerprint density at radius 2 is 1.59 bits per heavy atom. The normalized spacial score (nSPS) is 11.4. The molecule has 0 saturated heterocycles. The zero-order valence-electron chi connectivity index (χ0n) is 15.5. The highest BCUT2D eigenvalue weighted by atomic mass is 16.1. The summed E-state index contributed by atoms with van der Waals surface area (Å²) in [7, 11) is 0. The molecule has 0 aliphatic heterocycles. The molecule has 3 aromatic carbocycles. The highest BCUT2D eigenvalue weighted by Gasteiger charge is 2.05. The van der Waals surface area contributed by atoms with Gasteiger partial charge in [0.1, 0.15) is 0 Å². The Bertz CT molecular complexity index is 1360. The van der Waals surface area contributed by atoms with Crippen molar-refractivity contribution in [2.24, 2.45) is 0 Å². The third-order valence-corrected chi connectivity index (χ3v) is 4.98. The Balaban J connectivity index is 1.35. The fourth-order valence-corrected chi connectivity index (χ4v) is 3.41. The first-order valence-electron chi connectivity index (χ1n) is 9.37. The van der Waals surface area contributed by atoms with Crippen molar-refractivity contribution in [3.63, 3.8) is 0 Å². The Hall–Kier alpha value is -4.05. The van der Waals surface area contributed by atoms with Gasteiger partial charge in [0.05, 0.1) is 11.0 Å². The van der Waals surface area contributed by atoms with Gasteiger partial charge in [-0.1, -0.05) is 42.5 Å². The molecule has 0 amide bonds. The number of ketones is 1. The lowest BCUT2D eigenvalue weighted by atomic mass is 10.0. The molecule has 1 N–H and O–H groups in total. The molecule has 0 bridgehead atoms. The maximum atomic E-state index is 12.6. The summed E-state index contributed by atoms with van der Waals surface area (Å²) in [6.45, 7) is 0. The summed E-state index contributed by atoms with van der Waals surface area (Å²) >= 11 is 0. The lowest BCUT2D eigenvalue weighted by molar-refractivity contribution is 0.104. The molecule has 0 spiro atoms. The quantitative estimate of drug-likeness (QED) is 0.325. The van der Waals surface area contributed by atoms with E-state index < -0.39 is 0 Å². The van der Waals surface area contributed by atoms with Gasteiger partial charge in [0.2, 0.25) is 0 Å². The Morgan fingerprint density at radius 3 is 2.45 bits per heavy atom. The zero-order chi connectivity index (χ0) is 19.6. The number of nitrogens with zero attached hydrogens (tertiary/aromatic N) is 2. The standard InChI is InChI=1S/C25H17N3O/c29-25(10-2-17-1-8-23-24(15-17)28-14-13-27-23)19-5-3-18(4-6-19)20-7-9-22-21(16-20)11-12-26-22/h1-16,26H/b10-2+. The van der Waals surface area contributed by atoms with Gasteiger partial charge in [-0.25, -0.2) is 0 Å². The van der Waals surface area contributed by atoms with Gasteiger partial charge >= 0.3 is 0 Å². The highest BCUT2D eigenvalue weighted by molar-refractivity contribution is 6.07. The molecule has 0 radical (unpaired) electrons. The molecular weight excluding hydrogens is 358 g/mol. The predicted molar refractivity (Wildman–Crippen MR) is 117 cm³/mol. The van der Waals surface area contributed by atoms with Crippen molar-refractivity contribution in [1.82, 2.24) is 15.0 Å².